The predicted molar refractivity (Wildman–Crippen MR) is 116 cm³/mol. The number of thiophene rings is 1. The van der Waals surface area contributed by atoms with Crippen LogP contribution in [0.25, 0.3) is 11.3 Å². The fourth-order valence-electron chi connectivity index (χ4n) is 3.89. The van der Waals surface area contributed by atoms with Crippen LogP contribution in [-0.4, -0.2) is 25.7 Å². The molecule has 4 rings (SSSR count). The van der Waals surface area contributed by atoms with Crippen molar-refractivity contribution in [2.45, 2.75) is 38.7 Å². The minimum absolute atomic E-state index is 0.216. The van der Waals surface area contributed by atoms with Gasteiger partial charge in [-0.1, -0.05) is 12.1 Å². The number of hydrogen-bond donors (Lipinski definition) is 0. The number of aryl methyl sites for hydroxylation is 1. The summed E-state index contributed by atoms with van der Waals surface area (Å²) < 4.78 is 22.5. The Kier molecular flexibility index (Phi) is 6.42. The molecule has 1 atom stereocenters. The Morgan fingerprint density at radius 3 is 2.87 bits per heavy atom. The number of fused-ring (bicyclic) bond motifs is 1. The fraction of sp³-hybridized carbons (Fsp3) is 0.333. The molecule has 3 aromatic rings. The van der Waals surface area contributed by atoms with E-state index in [1.165, 1.54) is 18.3 Å². The maximum atomic E-state index is 13.2. The van der Waals surface area contributed by atoms with Gasteiger partial charge in [-0.3, -0.25) is 4.79 Å². The van der Waals surface area contributed by atoms with E-state index in [0.29, 0.717) is 41.9 Å². The second kappa shape index (κ2) is 9.39. The number of hydrogen-bond acceptors (Lipinski definition) is 7. The monoisotopic (exact) mass is 440 g/mol. The normalized spacial score (nSPS) is 15.2. The lowest BCUT2D eigenvalue weighted by Gasteiger charge is -2.22. The Hall–Kier alpha value is -3.06. The van der Waals surface area contributed by atoms with Gasteiger partial charge in [-0.25, -0.2) is 4.79 Å². The van der Waals surface area contributed by atoms with E-state index < -0.39 is 12.1 Å². The molecule has 6 nitrogen and oxygen atoms in total. The molecule has 31 heavy (non-hydrogen) atoms. The van der Waals surface area contributed by atoms with Gasteiger partial charge in [0.25, 0.3) is 0 Å². The second-order valence-electron chi connectivity index (χ2n) is 7.38. The molecular weight excluding hydrogens is 416 g/mol. The molecule has 0 N–H and O–H groups in total. The number of ether oxygens (including phenoxy) is 3. The van der Waals surface area contributed by atoms with Crippen LogP contribution in [0.4, 0.5) is 0 Å². The van der Waals surface area contributed by atoms with E-state index in [9.17, 15) is 9.59 Å². The number of esters is 2. The first-order valence-corrected chi connectivity index (χ1v) is 11.2. The summed E-state index contributed by atoms with van der Waals surface area (Å²) in [4.78, 5) is 24.8. The third-order valence-corrected chi connectivity index (χ3v) is 5.95. The van der Waals surface area contributed by atoms with Crippen molar-refractivity contribution in [3.05, 3.63) is 63.5 Å². The zero-order chi connectivity index (χ0) is 21.8. The van der Waals surface area contributed by atoms with Crippen molar-refractivity contribution in [3.8, 4) is 17.1 Å². The molecule has 1 aliphatic rings. The summed E-state index contributed by atoms with van der Waals surface area (Å²) >= 11 is 1.52. The molecule has 0 aliphatic heterocycles. The van der Waals surface area contributed by atoms with E-state index >= 15 is 0 Å². The maximum absolute atomic E-state index is 13.2. The van der Waals surface area contributed by atoms with Crippen molar-refractivity contribution in [3.63, 3.8) is 0 Å². The molecule has 0 saturated carbocycles. The number of rotatable bonds is 7. The van der Waals surface area contributed by atoms with Crippen LogP contribution in [0.3, 0.4) is 0 Å². The maximum Gasteiger partial charge on any atom is 0.342 e. The van der Waals surface area contributed by atoms with Crippen molar-refractivity contribution < 1.29 is 28.2 Å². The van der Waals surface area contributed by atoms with Crippen LogP contribution in [0, 0.1) is 0 Å². The Morgan fingerprint density at radius 2 is 2.13 bits per heavy atom. The number of benzene rings is 1. The minimum Gasteiger partial charge on any atom is -0.497 e. The fourth-order valence-corrected chi connectivity index (χ4v) is 4.52. The number of carbonyl (C=O) groups is 2. The van der Waals surface area contributed by atoms with E-state index in [4.69, 9.17) is 18.6 Å². The SMILES string of the molecule is COc1cccc(CCOC(=O)c2c(-c3ccsc3)oc3c2C(OC(C)=O)CCC3)c1. The Morgan fingerprint density at radius 1 is 1.26 bits per heavy atom. The molecule has 162 valence electrons. The van der Waals surface area contributed by atoms with Gasteiger partial charge in [0.15, 0.2) is 0 Å². The van der Waals surface area contributed by atoms with Crippen LogP contribution < -0.4 is 4.74 Å². The van der Waals surface area contributed by atoms with E-state index in [1.54, 1.807) is 7.11 Å². The lowest BCUT2D eigenvalue weighted by atomic mass is 9.91. The van der Waals surface area contributed by atoms with Gasteiger partial charge < -0.3 is 18.6 Å². The zero-order valence-corrected chi connectivity index (χ0v) is 18.3. The molecule has 7 heteroatoms. The van der Waals surface area contributed by atoms with Crippen LogP contribution in [0.15, 0.2) is 45.5 Å². The second-order valence-corrected chi connectivity index (χ2v) is 8.16. The number of furan rings is 1. The Bertz CT molecular complexity index is 1070. The molecule has 1 unspecified atom stereocenters. The zero-order valence-electron chi connectivity index (χ0n) is 17.5. The van der Waals surface area contributed by atoms with Crippen LogP contribution in [0.1, 0.15) is 53.1 Å². The molecule has 0 saturated heterocycles. The van der Waals surface area contributed by atoms with Gasteiger partial charge in [-0.15, -0.1) is 0 Å². The third-order valence-electron chi connectivity index (χ3n) is 5.27. The molecule has 0 radical (unpaired) electrons. The standard InChI is InChI=1S/C24H24O6S/c1-15(25)29-19-7-4-8-20-21(19)22(23(30-20)17-10-12-31-14-17)24(26)28-11-9-16-5-3-6-18(13-16)27-2/h3,5-6,10,12-14,19H,4,7-9,11H2,1-2H3. The quantitative estimate of drug-likeness (QED) is 0.461. The van der Waals surface area contributed by atoms with Gasteiger partial charge in [0.05, 0.1) is 13.7 Å². The Labute approximate surface area is 184 Å². The lowest BCUT2D eigenvalue weighted by molar-refractivity contribution is -0.147. The summed E-state index contributed by atoms with van der Waals surface area (Å²) in [6.45, 7) is 1.59. The molecule has 2 heterocycles. The number of methoxy groups -OCH3 is 1. The number of carbonyl (C=O) groups excluding carboxylic acids is 2. The van der Waals surface area contributed by atoms with Crippen molar-refractivity contribution in [1.82, 2.24) is 0 Å². The smallest absolute Gasteiger partial charge is 0.342 e. The highest BCUT2D eigenvalue weighted by molar-refractivity contribution is 7.08. The highest BCUT2D eigenvalue weighted by atomic mass is 32.1. The molecule has 2 aromatic heterocycles. The van der Waals surface area contributed by atoms with Crippen LogP contribution >= 0.6 is 11.3 Å². The van der Waals surface area contributed by atoms with Gasteiger partial charge in [0.1, 0.15) is 28.9 Å². The first kappa shape index (κ1) is 21.2. The molecule has 1 aliphatic carbocycles. The van der Waals surface area contributed by atoms with E-state index in [1.807, 2.05) is 41.1 Å². The molecular formula is C24H24O6S. The first-order chi connectivity index (χ1) is 15.1. The average Bonchev–Trinajstić information content (AvgIpc) is 3.41. The van der Waals surface area contributed by atoms with Crippen molar-refractivity contribution in [1.29, 1.82) is 0 Å². The predicted octanol–water partition coefficient (Wildman–Crippen LogP) is 5.36. The topological polar surface area (TPSA) is 75.0 Å². The third kappa shape index (κ3) is 4.66. The van der Waals surface area contributed by atoms with Crippen LogP contribution in [-0.2, 0) is 27.1 Å². The summed E-state index contributed by atoms with van der Waals surface area (Å²) in [5.74, 6) is 1.09. The average molecular weight is 441 g/mol. The van der Waals surface area contributed by atoms with Gasteiger partial charge >= 0.3 is 11.9 Å². The molecule has 0 spiro atoms. The summed E-state index contributed by atoms with van der Waals surface area (Å²) in [7, 11) is 1.62. The molecule has 0 fully saturated rings. The summed E-state index contributed by atoms with van der Waals surface area (Å²) in [6, 6.07) is 9.56. The van der Waals surface area contributed by atoms with Crippen LogP contribution in [0.2, 0.25) is 0 Å². The highest BCUT2D eigenvalue weighted by Crippen LogP contribution is 2.42. The van der Waals surface area contributed by atoms with Gasteiger partial charge in [-0.05, 0) is 42.0 Å². The summed E-state index contributed by atoms with van der Waals surface area (Å²) in [6.07, 6.45) is 2.23. The van der Waals surface area contributed by atoms with Crippen molar-refractivity contribution in [2.24, 2.45) is 0 Å². The summed E-state index contributed by atoms with van der Waals surface area (Å²) in [5.41, 5.74) is 2.84. The van der Waals surface area contributed by atoms with Crippen LogP contribution in [0.5, 0.6) is 5.75 Å². The molecule has 0 amide bonds. The van der Waals surface area contributed by atoms with E-state index in [0.717, 1.165) is 23.3 Å². The van der Waals surface area contributed by atoms with Crippen molar-refractivity contribution in [2.75, 3.05) is 13.7 Å². The van der Waals surface area contributed by atoms with E-state index in [2.05, 4.69) is 0 Å². The molecule has 0 bridgehead atoms. The molecule has 1 aromatic carbocycles. The largest absolute Gasteiger partial charge is 0.497 e. The minimum atomic E-state index is -0.502. The first-order valence-electron chi connectivity index (χ1n) is 10.2. The van der Waals surface area contributed by atoms with Gasteiger partial charge in [-0.2, -0.15) is 11.3 Å². The lowest BCUT2D eigenvalue weighted by Crippen LogP contribution is -2.18. The van der Waals surface area contributed by atoms with Crippen molar-refractivity contribution >= 4 is 23.3 Å². The van der Waals surface area contributed by atoms with E-state index in [-0.39, 0.29) is 12.6 Å². The highest BCUT2D eigenvalue weighted by Gasteiger charge is 2.36. The Balaban J connectivity index is 1.60. The van der Waals surface area contributed by atoms with Gasteiger partial charge in [0, 0.05) is 36.3 Å². The van der Waals surface area contributed by atoms with Gasteiger partial charge in [0.2, 0.25) is 0 Å². The summed E-state index contributed by atoms with van der Waals surface area (Å²) in [5, 5.41) is 3.86.